The molecule has 1 aromatic rings. The molecule has 0 bridgehead atoms. The van der Waals surface area contributed by atoms with Crippen LogP contribution < -0.4 is 10.6 Å². The van der Waals surface area contributed by atoms with Gasteiger partial charge in [-0.25, -0.2) is 0 Å². The van der Waals surface area contributed by atoms with Crippen molar-refractivity contribution in [2.75, 3.05) is 19.6 Å². The predicted molar refractivity (Wildman–Crippen MR) is 77.9 cm³/mol. The molecular weight excluding hydrogens is 264 g/mol. The van der Waals surface area contributed by atoms with Gasteiger partial charge in [-0.1, -0.05) is 13.8 Å². The minimum atomic E-state index is -0.0795. The van der Waals surface area contributed by atoms with E-state index in [2.05, 4.69) is 34.7 Å². The molecule has 108 valence electrons. The Balaban J connectivity index is 0.00000180. The van der Waals surface area contributed by atoms with Crippen LogP contribution in [0.1, 0.15) is 48.8 Å². The Morgan fingerprint density at radius 1 is 1.58 bits per heavy atom. The fraction of sp³-hybridized carbons (Fsp3) is 0.692. The molecule has 5 nitrogen and oxygen atoms in total. The maximum Gasteiger partial charge on any atom is 0.271 e. The summed E-state index contributed by atoms with van der Waals surface area (Å²) in [5.74, 6) is 0.989. The number of carbonyl (C=O) groups is 1. The van der Waals surface area contributed by atoms with Gasteiger partial charge in [0.15, 0.2) is 0 Å². The van der Waals surface area contributed by atoms with Crippen molar-refractivity contribution in [2.24, 2.45) is 5.92 Å². The summed E-state index contributed by atoms with van der Waals surface area (Å²) in [5.41, 5.74) is 1.49. The first kappa shape index (κ1) is 16.0. The lowest BCUT2D eigenvalue weighted by Gasteiger charge is -2.08. The van der Waals surface area contributed by atoms with E-state index < -0.39 is 0 Å². The third-order valence-corrected chi connectivity index (χ3v) is 3.45. The number of amides is 1. The van der Waals surface area contributed by atoms with Crippen molar-refractivity contribution in [3.8, 4) is 0 Å². The molecule has 3 N–H and O–H groups in total. The molecule has 2 heterocycles. The Labute approximate surface area is 120 Å². The van der Waals surface area contributed by atoms with Crippen molar-refractivity contribution < 1.29 is 4.79 Å². The number of carbonyl (C=O) groups excluding carboxylic acids is 1. The number of hydrogen-bond acceptors (Lipinski definition) is 3. The maximum atomic E-state index is 11.8. The molecular formula is C13H23ClN4O. The lowest BCUT2D eigenvalue weighted by molar-refractivity contribution is 0.0946. The summed E-state index contributed by atoms with van der Waals surface area (Å²) in [7, 11) is 0. The van der Waals surface area contributed by atoms with Crippen LogP contribution in [-0.2, 0) is 0 Å². The number of aromatic nitrogens is 2. The first-order valence-electron chi connectivity index (χ1n) is 6.71. The fourth-order valence-electron chi connectivity index (χ4n) is 2.19. The molecule has 1 aliphatic heterocycles. The van der Waals surface area contributed by atoms with Gasteiger partial charge in [-0.15, -0.1) is 12.4 Å². The van der Waals surface area contributed by atoms with E-state index in [4.69, 9.17) is 0 Å². The standard InChI is InChI=1S/C13H22N4O.ClH/c1-9(2)11-7-12(17-16-11)13(18)15-6-4-10-3-5-14-8-10;/h7,9-10,14H,3-6,8H2,1-2H3,(H,15,18)(H,16,17);1H. The van der Waals surface area contributed by atoms with Crippen molar-refractivity contribution in [2.45, 2.75) is 32.6 Å². The normalized spacial score (nSPS) is 18.4. The number of aromatic amines is 1. The molecule has 0 aliphatic carbocycles. The van der Waals surface area contributed by atoms with Crippen molar-refractivity contribution >= 4 is 18.3 Å². The Hall–Kier alpha value is -1.07. The van der Waals surface area contributed by atoms with E-state index in [0.717, 1.165) is 31.7 Å². The predicted octanol–water partition coefficient (Wildman–Crippen LogP) is 1.68. The number of hydrogen-bond donors (Lipinski definition) is 3. The molecule has 0 aromatic carbocycles. The highest BCUT2D eigenvalue weighted by molar-refractivity contribution is 5.92. The number of H-pyrrole nitrogens is 1. The molecule has 1 amide bonds. The van der Waals surface area contributed by atoms with Crippen LogP contribution in [0.5, 0.6) is 0 Å². The van der Waals surface area contributed by atoms with E-state index in [9.17, 15) is 4.79 Å². The van der Waals surface area contributed by atoms with Gasteiger partial charge in [-0.2, -0.15) is 5.10 Å². The van der Waals surface area contributed by atoms with Gasteiger partial charge < -0.3 is 10.6 Å². The third-order valence-electron chi connectivity index (χ3n) is 3.45. The van der Waals surface area contributed by atoms with E-state index in [1.807, 2.05) is 6.07 Å². The van der Waals surface area contributed by atoms with E-state index in [0.29, 0.717) is 17.5 Å². The van der Waals surface area contributed by atoms with Crippen molar-refractivity contribution in [1.29, 1.82) is 0 Å². The zero-order chi connectivity index (χ0) is 13.0. The van der Waals surface area contributed by atoms with Crippen LogP contribution in [0.4, 0.5) is 0 Å². The lowest BCUT2D eigenvalue weighted by atomic mass is 10.1. The summed E-state index contributed by atoms with van der Waals surface area (Å²) >= 11 is 0. The highest BCUT2D eigenvalue weighted by Gasteiger charge is 2.15. The third kappa shape index (κ3) is 4.51. The minimum absolute atomic E-state index is 0. The molecule has 2 rings (SSSR count). The van der Waals surface area contributed by atoms with Crippen molar-refractivity contribution in [1.82, 2.24) is 20.8 Å². The molecule has 1 atom stereocenters. The Morgan fingerprint density at radius 2 is 2.37 bits per heavy atom. The van der Waals surface area contributed by atoms with Gasteiger partial charge in [-0.3, -0.25) is 9.89 Å². The molecule has 1 aromatic heterocycles. The summed E-state index contributed by atoms with van der Waals surface area (Å²) in [4.78, 5) is 11.8. The number of rotatable bonds is 5. The van der Waals surface area contributed by atoms with E-state index in [1.54, 1.807) is 0 Å². The lowest BCUT2D eigenvalue weighted by Crippen LogP contribution is -2.26. The largest absolute Gasteiger partial charge is 0.351 e. The van der Waals surface area contributed by atoms with Crippen molar-refractivity contribution in [3.63, 3.8) is 0 Å². The van der Waals surface area contributed by atoms with Gasteiger partial charge in [0.05, 0.1) is 0 Å². The summed E-state index contributed by atoms with van der Waals surface area (Å²) in [6.07, 6.45) is 2.26. The summed E-state index contributed by atoms with van der Waals surface area (Å²) in [6, 6.07) is 1.83. The average molecular weight is 287 g/mol. The number of halogens is 1. The van der Waals surface area contributed by atoms with E-state index in [-0.39, 0.29) is 18.3 Å². The van der Waals surface area contributed by atoms with Crippen LogP contribution in [0, 0.1) is 5.92 Å². The van der Waals surface area contributed by atoms with Crippen LogP contribution in [0.3, 0.4) is 0 Å². The van der Waals surface area contributed by atoms with Crippen molar-refractivity contribution in [3.05, 3.63) is 17.5 Å². The molecule has 1 unspecified atom stereocenters. The van der Waals surface area contributed by atoms with Crippen LogP contribution in [0.25, 0.3) is 0 Å². The Bertz CT molecular complexity index is 399. The molecule has 6 heteroatoms. The van der Waals surface area contributed by atoms with Gasteiger partial charge in [0.1, 0.15) is 5.69 Å². The fourth-order valence-corrected chi connectivity index (χ4v) is 2.19. The molecule has 0 saturated carbocycles. The molecule has 1 fully saturated rings. The first-order chi connectivity index (χ1) is 8.66. The Kier molecular flexibility index (Phi) is 6.31. The van der Waals surface area contributed by atoms with Crippen LogP contribution in [-0.4, -0.2) is 35.7 Å². The zero-order valence-corrected chi connectivity index (χ0v) is 12.3. The quantitative estimate of drug-likeness (QED) is 0.771. The van der Waals surface area contributed by atoms with Gasteiger partial charge >= 0.3 is 0 Å². The molecule has 1 aliphatic rings. The smallest absolute Gasteiger partial charge is 0.271 e. The van der Waals surface area contributed by atoms with E-state index in [1.165, 1.54) is 6.42 Å². The summed E-state index contributed by atoms with van der Waals surface area (Å²) < 4.78 is 0. The second kappa shape index (κ2) is 7.50. The Morgan fingerprint density at radius 3 is 2.95 bits per heavy atom. The minimum Gasteiger partial charge on any atom is -0.351 e. The molecule has 0 spiro atoms. The first-order valence-corrected chi connectivity index (χ1v) is 6.71. The zero-order valence-electron chi connectivity index (χ0n) is 11.5. The van der Waals surface area contributed by atoms with Crippen LogP contribution in [0.2, 0.25) is 0 Å². The molecule has 1 saturated heterocycles. The number of nitrogens with zero attached hydrogens (tertiary/aromatic N) is 1. The average Bonchev–Trinajstić information content (AvgIpc) is 2.99. The maximum absolute atomic E-state index is 11.8. The van der Waals surface area contributed by atoms with Crippen LogP contribution in [0.15, 0.2) is 6.07 Å². The SMILES string of the molecule is CC(C)c1cc(C(=O)NCCC2CCNC2)n[nH]1.Cl. The van der Waals surface area contributed by atoms with Gasteiger partial charge in [0, 0.05) is 12.2 Å². The summed E-state index contributed by atoms with van der Waals surface area (Å²) in [6.45, 7) is 7.06. The molecule has 0 radical (unpaired) electrons. The monoisotopic (exact) mass is 286 g/mol. The van der Waals surface area contributed by atoms with Gasteiger partial charge in [-0.05, 0) is 43.8 Å². The summed E-state index contributed by atoms with van der Waals surface area (Å²) in [5, 5.41) is 13.2. The van der Waals surface area contributed by atoms with Gasteiger partial charge in [0.25, 0.3) is 5.91 Å². The number of nitrogens with one attached hydrogen (secondary N) is 3. The highest BCUT2D eigenvalue weighted by Crippen LogP contribution is 2.12. The van der Waals surface area contributed by atoms with Gasteiger partial charge in [0.2, 0.25) is 0 Å². The highest BCUT2D eigenvalue weighted by atomic mass is 35.5. The van der Waals surface area contributed by atoms with Crippen LogP contribution >= 0.6 is 12.4 Å². The molecule has 19 heavy (non-hydrogen) atoms. The van der Waals surface area contributed by atoms with E-state index >= 15 is 0 Å². The second-order valence-corrected chi connectivity index (χ2v) is 5.27. The second-order valence-electron chi connectivity index (χ2n) is 5.27. The topological polar surface area (TPSA) is 69.8 Å².